The summed E-state index contributed by atoms with van der Waals surface area (Å²) in [4.78, 5) is 4.84. The smallest absolute Gasteiger partial charge is 0.0991 e. The van der Waals surface area contributed by atoms with E-state index >= 15 is 0 Å². The summed E-state index contributed by atoms with van der Waals surface area (Å²) in [5.74, 6) is 1.21. The Hall–Kier alpha value is -8.44. The van der Waals surface area contributed by atoms with E-state index in [1.54, 1.807) is 0 Å². The molecule has 0 radical (unpaired) electrons. The molecule has 0 heterocycles. The molecule has 0 aromatic heterocycles. The molecule has 0 unspecified atom stereocenters. The summed E-state index contributed by atoms with van der Waals surface area (Å²) in [7, 11) is 0. The standard InChI is InChI=1S/C68H62N4/c1-47(2)39-41-71(59-29-7-49(5)8-30-59)61-33-19-51(20-34-61)11-13-53-23-37-63-65(43-53)67(57-25-15-55(45-69)16-26-57)64-38-24-54(44-66(64)68(63)58-27-17-56(46-70)18-28-58)14-12-52-21-35-62(36-22-52)72(42-40-48(3)4)60-31-9-50(6)10-32-60/h7-38,43-44,47-48H,39-42H2,1-6H3/b13-11+,14-12+. The third-order valence-electron chi connectivity index (χ3n) is 13.7. The van der Waals surface area contributed by atoms with Crippen LogP contribution in [0.25, 0.3) is 68.1 Å². The fourth-order valence-electron chi connectivity index (χ4n) is 9.47. The van der Waals surface area contributed by atoms with Crippen molar-refractivity contribution in [3.63, 3.8) is 0 Å². The average molecular weight is 935 g/mol. The summed E-state index contributed by atoms with van der Waals surface area (Å²) in [5, 5.41) is 24.0. The molecule has 9 aromatic carbocycles. The molecule has 0 amide bonds. The number of nitriles is 2. The van der Waals surface area contributed by atoms with Gasteiger partial charge in [0.15, 0.2) is 0 Å². The summed E-state index contributed by atoms with van der Waals surface area (Å²) in [6, 6.07) is 69.4. The first-order chi connectivity index (χ1) is 35.0. The second-order valence-corrected chi connectivity index (χ2v) is 19.9. The minimum atomic E-state index is 0.606. The number of aryl methyl sites for hydroxylation is 2. The third-order valence-corrected chi connectivity index (χ3v) is 13.7. The maximum atomic E-state index is 9.79. The van der Waals surface area contributed by atoms with Crippen molar-refractivity contribution in [3.05, 3.63) is 226 Å². The summed E-state index contributed by atoms with van der Waals surface area (Å²) >= 11 is 0. The number of fused-ring (bicyclic) bond motifs is 2. The van der Waals surface area contributed by atoms with Crippen LogP contribution in [0.4, 0.5) is 22.7 Å². The molecule has 0 aliphatic carbocycles. The molecule has 9 rings (SSSR count). The molecule has 0 aliphatic heterocycles. The molecule has 0 spiro atoms. The molecule has 4 nitrogen and oxygen atoms in total. The van der Waals surface area contributed by atoms with E-state index in [4.69, 9.17) is 0 Å². The minimum Gasteiger partial charge on any atom is -0.341 e. The van der Waals surface area contributed by atoms with Gasteiger partial charge in [-0.25, -0.2) is 0 Å². The van der Waals surface area contributed by atoms with Crippen molar-refractivity contribution in [1.29, 1.82) is 10.5 Å². The van der Waals surface area contributed by atoms with Gasteiger partial charge in [-0.2, -0.15) is 10.5 Å². The Kier molecular flexibility index (Phi) is 14.9. The number of nitrogens with zero attached hydrogens (tertiary/aromatic N) is 4. The summed E-state index contributed by atoms with van der Waals surface area (Å²) in [5.41, 5.74) is 17.3. The van der Waals surface area contributed by atoms with Gasteiger partial charge in [-0.05, 0) is 190 Å². The fourth-order valence-corrected chi connectivity index (χ4v) is 9.47. The van der Waals surface area contributed by atoms with Crippen LogP contribution < -0.4 is 9.80 Å². The van der Waals surface area contributed by atoms with Gasteiger partial charge in [0.05, 0.1) is 23.3 Å². The lowest BCUT2D eigenvalue weighted by Gasteiger charge is -2.26. The Bertz CT molecular complexity index is 3220. The number of anilines is 4. The molecular formula is C68H62N4. The Balaban J connectivity index is 1.10. The van der Waals surface area contributed by atoms with Crippen LogP contribution in [-0.2, 0) is 0 Å². The second kappa shape index (κ2) is 22.1. The van der Waals surface area contributed by atoms with Crippen LogP contribution in [-0.4, -0.2) is 13.1 Å². The van der Waals surface area contributed by atoms with Gasteiger partial charge < -0.3 is 9.80 Å². The SMILES string of the molecule is Cc1ccc(N(CCC(C)C)c2ccc(/C=C/c3ccc4c(-c5ccc(C#N)cc5)c5cc(/C=C/c6ccc(N(CCC(C)C)c7ccc(C)cc7)cc6)ccc5c(-c5ccc(C#N)cc5)c4c3)cc2)cc1. The topological polar surface area (TPSA) is 54.1 Å². The van der Waals surface area contributed by atoms with Crippen molar-refractivity contribution in [2.75, 3.05) is 22.9 Å². The number of benzene rings is 9. The first-order valence-corrected chi connectivity index (χ1v) is 25.3. The lowest BCUT2D eigenvalue weighted by atomic mass is 9.84. The molecule has 354 valence electrons. The van der Waals surface area contributed by atoms with Gasteiger partial charge in [0.1, 0.15) is 0 Å². The summed E-state index contributed by atoms with van der Waals surface area (Å²) < 4.78 is 0. The van der Waals surface area contributed by atoms with E-state index in [1.165, 1.54) is 33.9 Å². The Morgan fingerprint density at radius 1 is 0.375 bits per heavy atom. The van der Waals surface area contributed by atoms with E-state index in [9.17, 15) is 10.5 Å². The average Bonchev–Trinajstić information content (AvgIpc) is 3.40. The van der Waals surface area contributed by atoms with Gasteiger partial charge in [0, 0.05) is 35.8 Å². The predicted molar refractivity (Wildman–Crippen MR) is 308 cm³/mol. The van der Waals surface area contributed by atoms with Gasteiger partial charge in [-0.1, -0.05) is 160 Å². The van der Waals surface area contributed by atoms with Crippen LogP contribution in [0, 0.1) is 48.3 Å². The molecule has 0 aliphatic rings. The van der Waals surface area contributed by atoms with Crippen LogP contribution in [0.5, 0.6) is 0 Å². The quantitative estimate of drug-likeness (QED) is 0.0715. The molecule has 0 fully saturated rings. The monoisotopic (exact) mass is 934 g/mol. The lowest BCUT2D eigenvalue weighted by molar-refractivity contribution is 0.591. The highest BCUT2D eigenvalue weighted by molar-refractivity contribution is 6.22. The van der Waals surface area contributed by atoms with Crippen LogP contribution in [0.15, 0.2) is 182 Å². The number of rotatable bonds is 16. The molecule has 0 N–H and O–H groups in total. The maximum Gasteiger partial charge on any atom is 0.0991 e. The Morgan fingerprint density at radius 3 is 1.00 bits per heavy atom. The lowest BCUT2D eigenvalue weighted by Crippen LogP contribution is -2.19. The summed E-state index contributed by atoms with van der Waals surface area (Å²) in [6.45, 7) is 15.3. The zero-order valence-electron chi connectivity index (χ0n) is 42.4. The number of hydrogen-bond donors (Lipinski definition) is 0. The molecule has 72 heavy (non-hydrogen) atoms. The largest absolute Gasteiger partial charge is 0.341 e. The second-order valence-electron chi connectivity index (χ2n) is 19.9. The van der Waals surface area contributed by atoms with Gasteiger partial charge in [-0.3, -0.25) is 0 Å². The van der Waals surface area contributed by atoms with E-state index in [-0.39, 0.29) is 0 Å². The van der Waals surface area contributed by atoms with Crippen molar-refractivity contribution in [1.82, 2.24) is 0 Å². The van der Waals surface area contributed by atoms with E-state index < -0.39 is 0 Å². The number of hydrogen-bond acceptors (Lipinski definition) is 4. The van der Waals surface area contributed by atoms with Gasteiger partial charge in [-0.15, -0.1) is 0 Å². The van der Waals surface area contributed by atoms with Crippen molar-refractivity contribution < 1.29 is 0 Å². The van der Waals surface area contributed by atoms with Gasteiger partial charge in [0.25, 0.3) is 0 Å². The van der Waals surface area contributed by atoms with Crippen molar-refractivity contribution in [2.45, 2.75) is 54.4 Å². The molecule has 4 heteroatoms. The van der Waals surface area contributed by atoms with Crippen molar-refractivity contribution in [3.8, 4) is 34.4 Å². The van der Waals surface area contributed by atoms with Crippen LogP contribution >= 0.6 is 0 Å². The minimum absolute atomic E-state index is 0.606. The van der Waals surface area contributed by atoms with Crippen molar-refractivity contribution in [2.24, 2.45) is 11.8 Å². The van der Waals surface area contributed by atoms with Crippen LogP contribution in [0.3, 0.4) is 0 Å². The highest BCUT2D eigenvalue weighted by Crippen LogP contribution is 2.45. The molecule has 9 aromatic rings. The zero-order valence-corrected chi connectivity index (χ0v) is 42.4. The maximum absolute atomic E-state index is 9.79. The molecular weight excluding hydrogens is 873 g/mol. The van der Waals surface area contributed by atoms with E-state index in [0.717, 1.165) is 92.0 Å². The fraction of sp³-hybridized carbons (Fsp3) is 0.176. The third kappa shape index (κ3) is 11.3. The van der Waals surface area contributed by atoms with Gasteiger partial charge in [0.2, 0.25) is 0 Å². The van der Waals surface area contributed by atoms with Crippen LogP contribution in [0.2, 0.25) is 0 Å². The predicted octanol–water partition coefficient (Wildman–Crippen LogP) is 18.4. The molecule has 0 bridgehead atoms. The highest BCUT2D eigenvalue weighted by Gasteiger charge is 2.19. The first-order valence-electron chi connectivity index (χ1n) is 25.3. The normalized spacial score (nSPS) is 11.5. The van der Waals surface area contributed by atoms with E-state index in [0.29, 0.717) is 23.0 Å². The van der Waals surface area contributed by atoms with Gasteiger partial charge >= 0.3 is 0 Å². The summed E-state index contributed by atoms with van der Waals surface area (Å²) in [6.07, 6.45) is 11.0. The zero-order chi connectivity index (χ0) is 50.1. The van der Waals surface area contributed by atoms with Crippen LogP contribution in [0.1, 0.15) is 85.0 Å². The molecule has 0 saturated heterocycles. The van der Waals surface area contributed by atoms with E-state index in [1.807, 2.05) is 24.3 Å². The van der Waals surface area contributed by atoms with E-state index in [2.05, 4.69) is 246 Å². The molecule has 0 atom stereocenters. The Morgan fingerprint density at radius 2 is 0.681 bits per heavy atom. The van der Waals surface area contributed by atoms with Crippen molar-refractivity contribution >= 4 is 68.6 Å². The highest BCUT2D eigenvalue weighted by atomic mass is 15.1. The first kappa shape index (κ1) is 48.6. The molecule has 0 saturated carbocycles. The Labute approximate surface area is 427 Å².